The van der Waals surface area contributed by atoms with E-state index in [4.69, 9.17) is 14.2 Å². The lowest BCUT2D eigenvalue weighted by Gasteiger charge is -2.19. The van der Waals surface area contributed by atoms with Gasteiger partial charge in [-0.25, -0.2) is 4.79 Å². The molecule has 1 saturated heterocycles. The molecule has 0 saturated carbocycles. The minimum atomic E-state index is -0.417. The van der Waals surface area contributed by atoms with Crippen molar-refractivity contribution < 1.29 is 19.0 Å². The second-order valence-electron chi connectivity index (χ2n) is 4.72. The van der Waals surface area contributed by atoms with Crippen molar-refractivity contribution in [2.45, 2.75) is 32.4 Å². The predicted octanol–water partition coefficient (Wildman–Crippen LogP) is 2.22. The van der Waals surface area contributed by atoms with Crippen molar-refractivity contribution in [3.8, 4) is 5.75 Å². The molecule has 2 unspecified atom stereocenters. The summed E-state index contributed by atoms with van der Waals surface area (Å²) < 4.78 is 16.2. The Morgan fingerprint density at radius 3 is 3.00 bits per heavy atom. The van der Waals surface area contributed by atoms with Gasteiger partial charge in [-0.15, -0.1) is 0 Å². The SMILES string of the molecule is CCOC(=O)C(C)Nc1ccccc1OC1CCOC1. The molecule has 1 fully saturated rings. The molecule has 1 aliphatic rings. The number of esters is 1. The van der Waals surface area contributed by atoms with E-state index in [9.17, 15) is 4.79 Å². The number of rotatable bonds is 6. The van der Waals surface area contributed by atoms with Crippen molar-refractivity contribution in [3.63, 3.8) is 0 Å². The molecule has 0 radical (unpaired) electrons. The lowest BCUT2D eigenvalue weighted by atomic mass is 10.2. The van der Waals surface area contributed by atoms with Gasteiger partial charge < -0.3 is 19.5 Å². The van der Waals surface area contributed by atoms with Crippen LogP contribution in [0.2, 0.25) is 0 Å². The highest BCUT2D eigenvalue weighted by molar-refractivity contribution is 5.79. The maximum absolute atomic E-state index is 11.7. The molecule has 0 aliphatic carbocycles. The monoisotopic (exact) mass is 279 g/mol. The average molecular weight is 279 g/mol. The summed E-state index contributed by atoms with van der Waals surface area (Å²) in [6.45, 7) is 5.29. The number of nitrogens with one attached hydrogen (secondary N) is 1. The molecular weight excluding hydrogens is 258 g/mol. The van der Waals surface area contributed by atoms with Crippen molar-refractivity contribution >= 4 is 11.7 Å². The Kier molecular flexibility index (Phi) is 5.24. The Bertz CT molecular complexity index is 443. The van der Waals surface area contributed by atoms with Crippen LogP contribution in [0.5, 0.6) is 5.75 Å². The van der Waals surface area contributed by atoms with Crippen LogP contribution in [0.15, 0.2) is 24.3 Å². The van der Waals surface area contributed by atoms with Gasteiger partial charge in [0, 0.05) is 6.42 Å². The Labute approximate surface area is 119 Å². The molecule has 5 nitrogen and oxygen atoms in total. The van der Waals surface area contributed by atoms with Gasteiger partial charge in [0.2, 0.25) is 0 Å². The average Bonchev–Trinajstić information content (AvgIpc) is 2.94. The minimum Gasteiger partial charge on any atom is -0.486 e. The molecule has 110 valence electrons. The van der Waals surface area contributed by atoms with Crippen LogP contribution in [-0.4, -0.2) is 37.9 Å². The highest BCUT2D eigenvalue weighted by Crippen LogP contribution is 2.27. The van der Waals surface area contributed by atoms with Crippen LogP contribution in [-0.2, 0) is 14.3 Å². The van der Waals surface area contributed by atoms with Gasteiger partial charge in [-0.2, -0.15) is 0 Å². The van der Waals surface area contributed by atoms with E-state index in [1.165, 1.54) is 0 Å². The fourth-order valence-electron chi connectivity index (χ4n) is 2.03. The first-order valence-electron chi connectivity index (χ1n) is 6.97. The number of hydrogen-bond donors (Lipinski definition) is 1. The molecule has 20 heavy (non-hydrogen) atoms. The van der Waals surface area contributed by atoms with E-state index >= 15 is 0 Å². The van der Waals surface area contributed by atoms with E-state index in [2.05, 4.69) is 5.32 Å². The second kappa shape index (κ2) is 7.14. The van der Waals surface area contributed by atoms with Gasteiger partial charge in [-0.3, -0.25) is 0 Å². The quantitative estimate of drug-likeness (QED) is 0.809. The Morgan fingerprint density at radius 2 is 2.30 bits per heavy atom. The molecule has 5 heteroatoms. The number of carbonyl (C=O) groups is 1. The van der Waals surface area contributed by atoms with Crippen molar-refractivity contribution in [1.82, 2.24) is 0 Å². The number of carbonyl (C=O) groups excluding carboxylic acids is 1. The van der Waals surface area contributed by atoms with E-state index < -0.39 is 6.04 Å². The molecule has 2 atom stereocenters. The second-order valence-corrected chi connectivity index (χ2v) is 4.72. The third kappa shape index (κ3) is 3.87. The summed E-state index contributed by atoms with van der Waals surface area (Å²) in [6.07, 6.45) is 0.970. The highest BCUT2D eigenvalue weighted by atomic mass is 16.5. The molecule has 0 bridgehead atoms. The zero-order chi connectivity index (χ0) is 14.4. The fraction of sp³-hybridized carbons (Fsp3) is 0.533. The summed E-state index contributed by atoms with van der Waals surface area (Å²) in [5, 5.41) is 3.13. The fourth-order valence-corrected chi connectivity index (χ4v) is 2.03. The molecule has 0 aromatic heterocycles. The zero-order valence-corrected chi connectivity index (χ0v) is 11.9. The number of ether oxygens (including phenoxy) is 3. The third-order valence-electron chi connectivity index (χ3n) is 3.08. The maximum atomic E-state index is 11.7. The van der Waals surface area contributed by atoms with E-state index in [-0.39, 0.29) is 12.1 Å². The Balaban J connectivity index is 2.01. The number of hydrogen-bond acceptors (Lipinski definition) is 5. The zero-order valence-electron chi connectivity index (χ0n) is 11.9. The molecule has 1 heterocycles. The van der Waals surface area contributed by atoms with Gasteiger partial charge in [-0.1, -0.05) is 12.1 Å². The first-order chi connectivity index (χ1) is 9.70. The summed E-state index contributed by atoms with van der Waals surface area (Å²) in [4.78, 5) is 11.7. The number of para-hydroxylation sites is 2. The van der Waals surface area contributed by atoms with Crippen LogP contribution in [0, 0.1) is 0 Å². The van der Waals surface area contributed by atoms with Gasteiger partial charge in [0.1, 0.15) is 17.9 Å². The van der Waals surface area contributed by atoms with Crippen molar-refractivity contribution in [3.05, 3.63) is 24.3 Å². The molecule has 1 aliphatic heterocycles. The van der Waals surface area contributed by atoms with E-state index in [1.54, 1.807) is 13.8 Å². The van der Waals surface area contributed by atoms with E-state index in [0.29, 0.717) is 13.2 Å². The van der Waals surface area contributed by atoms with Crippen molar-refractivity contribution in [2.24, 2.45) is 0 Å². The van der Waals surface area contributed by atoms with Crippen LogP contribution >= 0.6 is 0 Å². The molecular formula is C15H21NO4. The van der Waals surface area contributed by atoms with Crippen molar-refractivity contribution in [1.29, 1.82) is 0 Å². The number of benzene rings is 1. The Morgan fingerprint density at radius 1 is 1.50 bits per heavy atom. The smallest absolute Gasteiger partial charge is 0.328 e. The summed E-state index contributed by atoms with van der Waals surface area (Å²) in [6, 6.07) is 7.17. The van der Waals surface area contributed by atoms with Crippen LogP contribution in [0.1, 0.15) is 20.3 Å². The van der Waals surface area contributed by atoms with E-state index in [0.717, 1.165) is 24.5 Å². The molecule has 2 rings (SSSR count). The van der Waals surface area contributed by atoms with Crippen LogP contribution in [0.3, 0.4) is 0 Å². The standard InChI is InChI=1S/C15H21NO4/c1-3-19-15(17)11(2)16-13-6-4-5-7-14(13)20-12-8-9-18-10-12/h4-7,11-12,16H,3,8-10H2,1-2H3. The molecule has 1 aromatic carbocycles. The summed E-state index contributed by atoms with van der Waals surface area (Å²) in [7, 11) is 0. The topological polar surface area (TPSA) is 56.8 Å². The molecule has 0 spiro atoms. The molecule has 1 N–H and O–H groups in total. The van der Waals surface area contributed by atoms with Gasteiger partial charge in [-0.05, 0) is 26.0 Å². The largest absolute Gasteiger partial charge is 0.486 e. The van der Waals surface area contributed by atoms with Gasteiger partial charge in [0.05, 0.1) is 25.5 Å². The Hall–Kier alpha value is -1.75. The van der Waals surface area contributed by atoms with Crippen LogP contribution in [0.25, 0.3) is 0 Å². The minimum absolute atomic E-state index is 0.0795. The van der Waals surface area contributed by atoms with E-state index in [1.807, 2.05) is 24.3 Å². The first-order valence-corrected chi connectivity index (χ1v) is 6.97. The van der Waals surface area contributed by atoms with Crippen LogP contribution < -0.4 is 10.1 Å². The predicted molar refractivity (Wildman–Crippen MR) is 76.0 cm³/mol. The number of anilines is 1. The maximum Gasteiger partial charge on any atom is 0.328 e. The first kappa shape index (κ1) is 14.7. The summed E-state index contributed by atoms with van der Waals surface area (Å²) in [5.41, 5.74) is 0.792. The highest BCUT2D eigenvalue weighted by Gasteiger charge is 2.20. The van der Waals surface area contributed by atoms with Gasteiger partial charge >= 0.3 is 5.97 Å². The third-order valence-corrected chi connectivity index (χ3v) is 3.08. The molecule has 0 amide bonds. The van der Waals surface area contributed by atoms with Gasteiger partial charge in [0.15, 0.2) is 0 Å². The normalized spacial score (nSPS) is 19.4. The summed E-state index contributed by atoms with van der Waals surface area (Å²) in [5.74, 6) is 0.464. The lowest BCUT2D eigenvalue weighted by molar-refractivity contribution is -0.143. The lowest BCUT2D eigenvalue weighted by Crippen LogP contribution is -2.28. The van der Waals surface area contributed by atoms with Crippen molar-refractivity contribution in [2.75, 3.05) is 25.1 Å². The van der Waals surface area contributed by atoms with Crippen LogP contribution in [0.4, 0.5) is 5.69 Å². The molecule has 1 aromatic rings. The van der Waals surface area contributed by atoms with Gasteiger partial charge in [0.25, 0.3) is 0 Å². The summed E-state index contributed by atoms with van der Waals surface area (Å²) >= 11 is 0.